The molecule has 9 heteroatoms. The molecule has 2 rings (SSSR count). The lowest BCUT2D eigenvalue weighted by Gasteiger charge is -2.14. The summed E-state index contributed by atoms with van der Waals surface area (Å²) in [5, 5.41) is 2.79. The molecule has 0 fully saturated rings. The van der Waals surface area contributed by atoms with Crippen LogP contribution in [0.1, 0.15) is 5.56 Å². The molecular formula is C14H15N3O4S2. The minimum Gasteiger partial charge on any atom is -0.387 e. The van der Waals surface area contributed by atoms with E-state index in [0.717, 1.165) is 0 Å². The number of amidine groups is 1. The molecule has 0 aliphatic carbocycles. The Labute approximate surface area is 135 Å². The van der Waals surface area contributed by atoms with Crippen LogP contribution in [0.3, 0.4) is 0 Å². The van der Waals surface area contributed by atoms with E-state index in [2.05, 4.69) is 9.71 Å². The summed E-state index contributed by atoms with van der Waals surface area (Å²) in [6.07, 6.45) is 0. The minimum atomic E-state index is -3.88. The molecule has 2 aromatic rings. The molecule has 3 N–H and O–H groups in total. The number of sulfone groups is 1. The highest BCUT2D eigenvalue weighted by atomic mass is 32.2. The SMILES string of the molecule is CNc1cccc(S(=O)(=O)c2ccccc2)c1/C(N)=N\[SH](=O)=O. The summed E-state index contributed by atoms with van der Waals surface area (Å²) in [5.41, 5.74) is 6.10. The van der Waals surface area contributed by atoms with Crippen molar-refractivity contribution < 1.29 is 16.8 Å². The van der Waals surface area contributed by atoms with Crippen LogP contribution in [0, 0.1) is 0 Å². The first-order chi connectivity index (χ1) is 10.9. The summed E-state index contributed by atoms with van der Waals surface area (Å²) < 4.78 is 50.5. The van der Waals surface area contributed by atoms with E-state index >= 15 is 0 Å². The summed E-state index contributed by atoms with van der Waals surface area (Å²) in [4.78, 5) is -0.0394. The van der Waals surface area contributed by atoms with Crippen molar-refractivity contribution in [2.24, 2.45) is 10.1 Å². The number of rotatable bonds is 5. The molecule has 7 nitrogen and oxygen atoms in total. The number of nitrogens with two attached hydrogens (primary N) is 1. The fraction of sp³-hybridized carbons (Fsp3) is 0.0714. The second kappa shape index (κ2) is 6.80. The summed E-state index contributed by atoms with van der Waals surface area (Å²) >= 11 is 0. The van der Waals surface area contributed by atoms with Crippen molar-refractivity contribution in [1.29, 1.82) is 0 Å². The van der Waals surface area contributed by atoms with Crippen LogP contribution in [0.15, 0.2) is 62.7 Å². The van der Waals surface area contributed by atoms with Gasteiger partial charge in [0.25, 0.3) is 0 Å². The third kappa shape index (κ3) is 3.51. The Bertz CT molecular complexity index is 912. The highest BCUT2D eigenvalue weighted by Crippen LogP contribution is 2.28. The molecule has 2 aromatic carbocycles. The number of anilines is 1. The fourth-order valence-corrected chi connectivity index (χ4v) is 3.88. The maximum atomic E-state index is 12.8. The normalized spacial score (nSPS) is 12.3. The molecule has 0 saturated heterocycles. The number of hydrogen-bond donors (Lipinski definition) is 3. The largest absolute Gasteiger partial charge is 0.387 e. The van der Waals surface area contributed by atoms with Crippen molar-refractivity contribution in [2.75, 3.05) is 12.4 Å². The molecule has 0 aliphatic rings. The number of thiol groups is 1. The smallest absolute Gasteiger partial charge is 0.245 e. The van der Waals surface area contributed by atoms with Crippen molar-refractivity contribution in [2.45, 2.75) is 9.79 Å². The molecule has 0 amide bonds. The molecule has 0 aliphatic heterocycles. The van der Waals surface area contributed by atoms with Gasteiger partial charge >= 0.3 is 0 Å². The van der Waals surface area contributed by atoms with E-state index in [0.29, 0.717) is 5.69 Å². The van der Waals surface area contributed by atoms with Crippen LogP contribution in [-0.4, -0.2) is 29.7 Å². The summed E-state index contributed by atoms with van der Waals surface area (Å²) in [6, 6.07) is 12.3. The fourth-order valence-electron chi connectivity index (χ4n) is 2.09. The lowest BCUT2D eigenvalue weighted by atomic mass is 10.1. The molecule has 0 radical (unpaired) electrons. The lowest BCUT2D eigenvalue weighted by Crippen LogP contribution is -2.20. The first-order valence-corrected chi connectivity index (χ1v) is 9.09. The third-order valence-electron chi connectivity index (χ3n) is 3.08. The van der Waals surface area contributed by atoms with E-state index in [1.807, 2.05) is 0 Å². The molecule has 122 valence electrons. The Morgan fingerprint density at radius 2 is 1.74 bits per heavy atom. The van der Waals surface area contributed by atoms with Crippen LogP contribution in [0.2, 0.25) is 0 Å². The van der Waals surface area contributed by atoms with E-state index < -0.39 is 20.7 Å². The molecule has 23 heavy (non-hydrogen) atoms. The highest BCUT2D eigenvalue weighted by molar-refractivity contribution is 7.91. The standard InChI is InChI=1S/C14H15N3O4S2/c1-16-11-8-5-9-12(13(11)14(15)17-22(18)19)23(20,21)10-6-3-2-4-7-10/h2-9,16,22H,1H3,(H2,15,17,18,19). The average molecular weight is 353 g/mol. The first kappa shape index (κ1) is 17.0. The van der Waals surface area contributed by atoms with Gasteiger partial charge in [0.2, 0.25) is 20.7 Å². The molecular weight excluding hydrogens is 338 g/mol. The van der Waals surface area contributed by atoms with Gasteiger partial charge in [0.05, 0.1) is 15.4 Å². The molecule has 0 saturated carbocycles. The molecule has 0 aromatic heterocycles. The van der Waals surface area contributed by atoms with Crippen LogP contribution in [0.5, 0.6) is 0 Å². The summed E-state index contributed by atoms with van der Waals surface area (Å²) in [5.74, 6) is -0.388. The Hall–Kier alpha value is -2.39. The van der Waals surface area contributed by atoms with Crippen molar-refractivity contribution in [3.63, 3.8) is 0 Å². The van der Waals surface area contributed by atoms with Crippen LogP contribution >= 0.6 is 0 Å². The van der Waals surface area contributed by atoms with Crippen molar-refractivity contribution in [1.82, 2.24) is 0 Å². The van der Waals surface area contributed by atoms with Gasteiger partial charge in [-0.15, -0.1) is 4.40 Å². The zero-order valence-electron chi connectivity index (χ0n) is 12.1. The van der Waals surface area contributed by atoms with Crippen molar-refractivity contribution >= 4 is 32.3 Å². The Morgan fingerprint density at radius 3 is 2.30 bits per heavy atom. The number of nitrogens with one attached hydrogen (secondary N) is 1. The molecule has 0 bridgehead atoms. The third-order valence-corrected chi connectivity index (χ3v) is 5.27. The van der Waals surface area contributed by atoms with Crippen molar-refractivity contribution in [3.05, 3.63) is 54.1 Å². The van der Waals surface area contributed by atoms with Crippen LogP contribution in [-0.2, 0) is 20.7 Å². The van der Waals surface area contributed by atoms with Crippen LogP contribution in [0.4, 0.5) is 5.69 Å². The highest BCUT2D eigenvalue weighted by Gasteiger charge is 2.24. The monoisotopic (exact) mass is 353 g/mol. The van der Waals surface area contributed by atoms with Gasteiger partial charge in [0, 0.05) is 12.7 Å². The second-order valence-electron chi connectivity index (χ2n) is 4.47. The van der Waals surface area contributed by atoms with E-state index in [9.17, 15) is 16.8 Å². The van der Waals surface area contributed by atoms with E-state index in [-0.39, 0.29) is 21.2 Å². The first-order valence-electron chi connectivity index (χ1n) is 6.47. The van der Waals surface area contributed by atoms with Crippen LogP contribution in [0.25, 0.3) is 0 Å². The minimum absolute atomic E-state index is 0.0260. The van der Waals surface area contributed by atoms with Gasteiger partial charge in [-0.1, -0.05) is 24.3 Å². The van der Waals surface area contributed by atoms with Gasteiger partial charge in [-0.05, 0) is 24.3 Å². The molecule has 0 atom stereocenters. The van der Waals surface area contributed by atoms with E-state index in [4.69, 9.17) is 5.73 Å². The average Bonchev–Trinajstić information content (AvgIpc) is 2.54. The number of hydrogen-bond acceptors (Lipinski definition) is 5. The van der Waals surface area contributed by atoms with Gasteiger partial charge in [-0.25, -0.2) is 16.8 Å². The van der Waals surface area contributed by atoms with Gasteiger partial charge in [-0.3, -0.25) is 0 Å². The van der Waals surface area contributed by atoms with Gasteiger partial charge in [-0.2, -0.15) is 0 Å². The summed E-state index contributed by atoms with van der Waals surface area (Å²) in [6.45, 7) is 0. The van der Waals surface area contributed by atoms with E-state index in [1.165, 1.54) is 24.3 Å². The second-order valence-corrected chi connectivity index (χ2v) is 7.06. The maximum Gasteiger partial charge on any atom is 0.245 e. The topological polar surface area (TPSA) is 119 Å². The number of nitrogens with zero attached hydrogens (tertiary/aromatic N) is 1. The zero-order chi connectivity index (χ0) is 17.0. The predicted octanol–water partition coefficient (Wildman–Crippen LogP) is 0.793. The zero-order valence-corrected chi connectivity index (χ0v) is 13.8. The quantitative estimate of drug-likeness (QED) is 0.415. The Morgan fingerprint density at radius 1 is 1.09 bits per heavy atom. The number of benzene rings is 2. The molecule has 0 heterocycles. The molecule has 0 unspecified atom stereocenters. The molecule has 0 spiro atoms. The Balaban J connectivity index is 2.78. The maximum absolute atomic E-state index is 12.8. The predicted molar refractivity (Wildman–Crippen MR) is 88.9 cm³/mol. The Kier molecular flexibility index (Phi) is 5.02. The lowest BCUT2D eigenvalue weighted by molar-refractivity contribution is 0.595. The van der Waals surface area contributed by atoms with E-state index in [1.54, 1.807) is 31.3 Å². The van der Waals surface area contributed by atoms with Gasteiger partial charge in [0.1, 0.15) is 5.84 Å². The van der Waals surface area contributed by atoms with Gasteiger partial charge < -0.3 is 11.1 Å². The summed E-state index contributed by atoms with van der Waals surface area (Å²) in [7, 11) is -5.45. The van der Waals surface area contributed by atoms with Gasteiger partial charge in [0.15, 0.2) is 0 Å². The van der Waals surface area contributed by atoms with Crippen molar-refractivity contribution in [3.8, 4) is 0 Å². The van der Waals surface area contributed by atoms with Crippen LogP contribution < -0.4 is 11.1 Å².